The maximum atomic E-state index is 13.0. The van der Waals surface area contributed by atoms with E-state index in [2.05, 4.69) is 24.0 Å². The molecule has 29 heavy (non-hydrogen) atoms. The highest BCUT2D eigenvalue weighted by atomic mass is 32.2. The fraction of sp³-hybridized carbons (Fsp3) is 0.261. The Morgan fingerprint density at radius 2 is 2.14 bits per heavy atom. The Balaban J connectivity index is 1.57. The van der Waals surface area contributed by atoms with Crippen molar-refractivity contribution >= 4 is 34.3 Å². The van der Waals surface area contributed by atoms with Gasteiger partial charge in [0, 0.05) is 23.2 Å². The molecule has 1 aliphatic rings. The van der Waals surface area contributed by atoms with Crippen LogP contribution in [-0.4, -0.2) is 29.3 Å². The van der Waals surface area contributed by atoms with Gasteiger partial charge in [0.1, 0.15) is 16.8 Å². The van der Waals surface area contributed by atoms with E-state index in [4.69, 9.17) is 4.74 Å². The lowest BCUT2D eigenvalue weighted by Crippen LogP contribution is -2.37. The van der Waals surface area contributed by atoms with Crippen molar-refractivity contribution < 1.29 is 9.53 Å². The maximum Gasteiger partial charge on any atom is 0.237 e. The normalized spacial score (nSPS) is 15.2. The molecule has 1 unspecified atom stereocenters. The number of anilines is 1. The summed E-state index contributed by atoms with van der Waals surface area (Å²) in [5.74, 6) is 1.00. The Labute approximate surface area is 174 Å². The Hall–Kier alpha value is -3.04. The van der Waals surface area contributed by atoms with Crippen molar-refractivity contribution in [2.24, 2.45) is 0 Å². The van der Waals surface area contributed by atoms with Gasteiger partial charge in [-0.25, -0.2) is 4.98 Å². The largest absolute Gasteiger partial charge is 0.494 e. The number of carbonyl (C=O) groups is 1. The summed E-state index contributed by atoms with van der Waals surface area (Å²) in [6, 6.07) is 17.8. The molecule has 0 radical (unpaired) electrons. The van der Waals surface area contributed by atoms with Crippen LogP contribution in [-0.2, 0) is 11.2 Å². The van der Waals surface area contributed by atoms with Gasteiger partial charge in [-0.3, -0.25) is 4.79 Å². The van der Waals surface area contributed by atoms with Gasteiger partial charge in [-0.05, 0) is 50.1 Å². The minimum atomic E-state index is 0.0290. The number of pyridine rings is 1. The standard InChI is InChI=1S/C23H21N3O2S/c1-3-28-19-9-8-16-11-18(13-24)23(25-20(16)12-19)29-14-22(27)26-15(2)10-17-6-4-5-7-21(17)26/h4-9,11-12,15H,3,10,14H2,1-2H3. The lowest BCUT2D eigenvalue weighted by molar-refractivity contribution is -0.116. The zero-order valence-corrected chi connectivity index (χ0v) is 17.2. The lowest BCUT2D eigenvalue weighted by atomic mass is 10.1. The summed E-state index contributed by atoms with van der Waals surface area (Å²) >= 11 is 1.31. The smallest absolute Gasteiger partial charge is 0.237 e. The minimum absolute atomic E-state index is 0.0290. The van der Waals surface area contributed by atoms with Crippen LogP contribution in [0.15, 0.2) is 53.6 Å². The van der Waals surface area contributed by atoms with Gasteiger partial charge < -0.3 is 9.64 Å². The molecule has 1 amide bonds. The molecule has 2 heterocycles. The van der Waals surface area contributed by atoms with Crippen molar-refractivity contribution in [1.29, 1.82) is 5.26 Å². The van der Waals surface area contributed by atoms with E-state index in [1.165, 1.54) is 17.3 Å². The molecule has 1 aromatic heterocycles. The van der Waals surface area contributed by atoms with Crippen LogP contribution in [0.3, 0.4) is 0 Å². The molecule has 146 valence electrons. The quantitative estimate of drug-likeness (QED) is 0.584. The Morgan fingerprint density at radius 3 is 2.93 bits per heavy atom. The first kappa shape index (κ1) is 19.3. The number of aromatic nitrogens is 1. The van der Waals surface area contributed by atoms with Crippen LogP contribution in [0.4, 0.5) is 5.69 Å². The van der Waals surface area contributed by atoms with Crippen LogP contribution in [0.2, 0.25) is 0 Å². The maximum absolute atomic E-state index is 13.0. The van der Waals surface area contributed by atoms with Gasteiger partial charge in [0.15, 0.2) is 0 Å². The van der Waals surface area contributed by atoms with Crippen LogP contribution < -0.4 is 9.64 Å². The van der Waals surface area contributed by atoms with Crippen LogP contribution in [0, 0.1) is 11.3 Å². The molecule has 0 fully saturated rings. The third kappa shape index (κ3) is 3.79. The summed E-state index contributed by atoms with van der Waals surface area (Å²) in [5.41, 5.74) is 3.42. The van der Waals surface area contributed by atoms with Gasteiger partial charge in [0.25, 0.3) is 0 Å². The first-order valence-electron chi connectivity index (χ1n) is 9.61. The molecule has 4 rings (SSSR count). The van der Waals surface area contributed by atoms with Crippen molar-refractivity contribution in [3.8, 4) is 11.8 Å². The number of carbonyl (C=O) groups excluding carboxylic acids is 1. The van der Waals surface area contributed by atoms with Crippen molar-refractivity contribution in [3.63, 3.8) is 0 Å². The van der Waals surface area contributed by atoms with Gasteiger partial charge in [-0.15, -0.1) is 0 Å². The van der Waals surface area contributed by atoms with E-state index in [0.29, 0.717) is 17.2 Å². The molecule has 0 bridgehead atoms. The number of nitrogens with zero attached hydrogens (tertiary/aromatic N) is 3. The number of nitriles is 1. The van der Waals surface area contributed by atoms with Crippen molar-refractivity contribution in [2.75, 3.05) is 17.3 Å². The molecule has 0 saturated carbocycles. The van der Waals surface area contributed by atoms with Crippen LogP contribution >= 0.6 is 11.8 Å². The van der Waals surface area contributed by atoms with Gasteiger partial charge in [-0.1, -0.05) is 30.0 Å². The molecule has 6 heteroatoms. The number of rotatable bonds is 5. The predicted octanol–water partition coefficient (Wildman–Crippen LogP) is 4.58. The van der Waals surface area contributed by atoms with Crippen molar-refractivity contribution in [2.45, 2.75) is 31.3 Å². The molecule has 0 spiro atoms. The number of fused-ring (bicyclic) bond motifs is 2. The second-order valence-electron chi connectivity index (χ2n) is 6.97. The number of thioether (sulfide) groups is 1. The summed E-state index contributed by atoms with van der Waals surface area (Å²) in [6.07, 6.45) is 0.866. The summed E-state index contributed by atoms with van der Waals surface area (Å²) in [4.78, 5) is 19.5. The monoisotopic (exact) mass is 403 g/mol. The molecular formula is C23H21N3O2S. The fourth-order valence-electron chi connectivity index (χ4n) is 3.72. The fourth-order valence-corrected chi connectivity index (χ4v) is 4.54. The average Bonchev–Trinajstić information content (AvgIpc) is 3.07. The lowest BCUT2D eigenvalue weighted by Gasteiger charge is -2.22. The number of benzene rings is 2. The summed E-state index contributed by atoms with van der Waals surface area (Å²) in [5, 5.41) is 11.0. The highest BCUT2D eigenvalue weighted by Crippen LogP contribution is 2.33. The second kappa shape index (κ2) is 8.14. The number of para-hydroxylation sites is 1. The number of hydrogen-bond donors (Lipinski definition) is 0. The minimum Gasteiger partial charge on any atom is -0.494 e. The Kier molecular flexibility index (Phi) is 5.41. The molecule has 0 N–H and O–H groups in total. The third-order valence-electron chi connectivity index (χ3n) is 4.99. The number of amides is 1. The topological polar surface area (TPSA) is 66.2 Å². The van der Waals surface area contributed by atoms with Crippen LogP contribution in [0.5, 0.6) is 5.75 Å². The summed E-state index contributed by atoms with van der Waals surface area (Å²) in [7, 11) is 0. The molecule has 0 aliphatic carbocycles. The molecular weight excluding hydrogens is 382 g/mol. The van der Waals surface area contributed by atoms with Gasteiger partial charge in [0.05, 0.1) is 23.4 Å². The van der Waals surface area contributed by atoms with Crippen LogP contribution in [0.25, 0.3) is 10.9 Å². The Morgan fingerprint density at radius 1 is 1.31 bits per heavy atom. The highest BCUT2D eigenvalue weighted by molar-refractivity contribution is 8.00. The molecule has 0 saturated heterocycles. The molecule has 3 aromatic rings. The van der Waals surface area contributed by atoms with Gasteiger partial charge in [0.2, 0.25) is 5.91 Å². The number of ether oxygens (including phenoxy) is 1. The van der Waals surface area contributed by atoms with E-state index in [1.807, 2.05) is 54.3 Å². The summed E-state index contributed by atoms with van der Waals surface area (Å²) < 4.78 is 5.55. The van der Waals surface area contributed by atoms with E-state index in [9.17, 15) is 10.1 Å². The van der Waals surface area contributed by atoms with Crippen LogP contribution in [0.1, 0.15) is 25.0 Å². The first-order valence-corrected chi connectivity index (χ1v) is 10.6. The van der Waals surface area contributed by atoms with Gasteiger partial charge in [-0.2, -0.15) is 5.26 Å². The predicted molar refractivity (Wildman–Crippen MR) is 115 cm³/mol. The average molecular weight is 404 g/mol. The van der Waals surface area contributed by atoms with Gasteiger partial charge >= 0.3 is 0 Å². The molecule has 1 atom stereocenters. The van der Waals surface area contributed by atoms with E-state index >= 15 is 0 Å². The third-order valence-corrected chi connectivity index (χ3v) is 5.97. The van der Waals surface area contributed by atoms with E-state index < -0.39 is 0 Å². The molecule has 1 aliphatic heterocycles. The SMILES string of the molecule is CCOc1ccc2cc(C#N)c(SCC(=O)N3c4ccccc4CC3C)nc2c1. The summed E-state index contributed by atoms with van der Waals surface area (Å²) in [6.45, 7) is 4.57. The highest BCUT2D eigenvalue weighted by Gasteiger charge is 2.30. The molecule has 5 nitrogen and oxygen atoms in total. The molecule has 2 aromatic carbocycles. The zero-order valence-electron chi connectivity index (χ0n) is 16.4. The van der Waals surface area contributed by atoms with E-state index in [0.717, 1.165) is 28.8 Å². The number of hydrogen-bond acceptors (Lipinski definition) is 5. The zero-order chi connectivity index (χ0) is 20.4. The van der Waals surface area contributed by atoms with E-state index in [1.54, 1.807) is 0 Å². The second-order valence-corrected chi connectivity index (χ2v) is 7.94. The van der Waals surface area contributed by atoms with E-state index in [-0.39, 0.29) is 17.7 Å². The first-order chi connectivity index (χ1) is 14.1. The Bertz CT molecular complexity index is 1120. The van der Waals surface area contributed by atoms with Crippen molar-refractivity contribution in [1.82, 2.24) is 4.98 Å². The van der Waals surface area contributed by atoms with Crippen molar-refractivity contribution in [3.05, 3.63) is 59.7 Å².